The summed E-state index contributed by atoms with van der Waals surface area (Å²) in [5.74, 6) is 0.916. The van der Waals surface area contributed by atoms with E-state index in [4.69, 9.17) is 4.74 Å². The highest BCUT2D eigenvalue weighted by Gasteiger charge is 2.30. The van der Waals surface area contributed by atoms with Gasteiger partial charge in [0.15, 0.2) is 0 Å². The van der Waals surface area contributed by atoms with Crippen LogP contribution in [0.5, 0.6) is 0 Å². The van der Waals surface area contributed by atoms with E-state index in [9.17, 15) is 4.79 Å². The number of carbonyl (C=O) groups is 1. The van der Waals surface area contributed by atoms with E-state index < -0.39 is 0 Å². The zero-order valence-corrected chi connectivity index (χ0v) is 12.2. The van der Waals surface area contributed by atoms with E-state index in [1.807, 2.05) is 6.92 Å². The Morgan fingerprint density at radius 2 is 2.00 bits per heavy atom. The lowest BCUT2D eigenvalue weighted by Crippen LogP contribution is -2.33. The van der Waals surface area contributed by atoms with Gasteiger partial charge in [-0.25, -0.2) is 0 Å². The van der Waals surface area contributed by atoms with Crippen molar-refractivity contribution >= 4 is 5.78 Å². The number of carbonyl (C=O) groups excluding carboxylic acids is 1. The highest BCUT2D eigenvalue weighted by atomic mass is 16.5. The van der Waals surface area contributed by atoms with Crippen molar-refractivity contribution in [3.05, 3.63) is 34.9 Å². The van der Waals surface area contributed by atoms with Gasteiger partial charge in [0.25, 0.3) is 0 Å². The lowest BCUT2D eigenvalue weighted by Gasteiger charge is -2.34. The fraction of sp³-hybridized carbons (Fsp3) is 0.588. The van der Waals surface area contributed by atoms with Crippen molar-refractivity contribution in [3.63, 3.8) is 0 Å². The molecule has 0 heterocycles. The summed E-state index contributed by atoms with van der Waals surface area (Å²) in [6.45, 7) is 7.01. The van der Waals surface area contributed by atoms with E-state index in [2.05, 4.69) is 32.0 Å². The predicted octanol–water partition coefficient (Wildman–Crippen LogP) is 3.62. The van der Waals surface area contributed by atoms with Gasteiger partial charge in [-0.1, -0.05) is 18.2 Å². The zero-order valence-electron chi connectivity index (χ0n) is 12.2. The SMILES string of the molecule is CCOC1CC(CC(=O)Cc2ccc(C)c(C)c2)C1. The summed E-state index contributed by atoms with van der Waals surface area (Å²) in [5, 5.41) is 0. The highest BCUT2D eigenvalue weighted by Crippen LogP contribution is 2.33. The van der Waals surface area contributed by atoms with Gasteiger partial charge in [0.05, 0.1) is 6.10 Å². The molecular formula is C17H24O2. The number of aryl methyl sites for hydroxylation is 2. The zero-order chi connectivity index (χ0) is 13.8. The molecule has 2 nitrogen and oxygen atoms in total. The molecular weight excluding hydrogens is 236 g/mol. The Bertz CT molecular complexity index is 445. The molecule has 0 atom stereocenters. The standard InChI is InChI=1S/C17H24O2/c1-4-19-17-10-15(11-17)9-16(18)8-14-6-5-12(2)13(3)7-14/h5-7,15,17H,4,8-11H2,1-3H3. The average Bonchev–Trinajstić information content (AvgIpc) is 2.31. The Morgan fingerprint density at radius 3 is 2.63 bits per heavy atom. The summed E-state index contributed by atoms with van der Waals surface area (Å²) in [4.78, 5) is 12.0. The van der Waals surface area contributed by atoms with Crippen LogP contribution in [-0.4, -0.2) is 18.5 Å². The third kappa shape index (κ3) is 3.90. The first-order valence-electron chi connectivity index (χ1n) is 7.28. The molecule has 0 saturated heterocycles. The van der Waals surface area contributed by atoms with Crippen molar-refractivity contribution in [2.45, 2.75) is 52.6 Å². The van der Waals surface area contributed by atoms with Gasteiger partial charge in [-0.2, -0.15) is 0 Å². The molecule has 0 aliphatic heterocycles. The normalized spacial score (nSPS) is 22.1. The Labute approximate surface area is 116 Å². The Kier molecular flexibility index (Phi) is 4.76. The quantitative estimate of drug-likeness (QED) is 0.781. The topological polar surface area (TPSA) is 26.3 Å². The maximum atomic E-state index is 12.0. The van der Waals surface area contributed by atoms with Crippen LogP contribution in [0.25, 0.3) is 0 Å². The van der Waals surface area contributed by atoms with E-state index in [1.54, 1.807) is 0 Å². The molecule has 1 fully saturated rings. The van der Waals surface area contributed by atoms with Crippen molar-refractivity contribution in [1.82, 2.24) is 0 Å². The molecule has 1 saturated carbocycles. The summed E-state index contributed by atoms with van der Waals surface area (Å²) in [6.07, 6.45) is 3.83. The maximum Gasteiger partial charge on any atom is 0.137 e. The minimum Gasteiger partial charge on any atom is -0.378 e. The molecule has 1 aliphatic carbocycles. The molecule has 1 aromatic carbocycles. The second-order valence-corrected chi connectivity index (χ2v) is 5.75. The van der Waals surface area contributed by atoms with Gasteiger partial charge < -0.3 is 4.74 Å². The van der Waals surface area contributed by atoms with Gasteiger partial charge in [0, 0.05) is 19.4 Å². The van der Waals surface area contributed by atoms with Crippen molar-refractivity contribution in [2.75, 3.05) is 6.61 Å². The van der Waals surface area contributed by atoms with E-state index in [-0.39, 0.29) is 0 Å². The first kappa shape index (κ1) is 14.3. The molecule has 0 aromatic heterocycles. The van der Waals surface area contributed by atoms with Gasteiger partial charge in [-0.15, -0.1) is 0 Å². The largest absolute Gasteiger partial charge is 0.378 e. The van der Waals surface area contributed by atoms with Crippen LogP contribution < -0.4 is 0 Å². The van der Waals surface area contributed by atoms with E-state index in [1.165, 1.54) is 11.1 Å². The number of ketones is 1. The number of rotatable bonds is 6. The fourth-order valence-electron chi connectivity index (χ4n) is 2.75. The summed E-state index contributed by atoms with van der Waals surface area (Å²) < 4.78 is 5.53. The van der Waals surface area contributed by atoms with E-state index >= 15 is 0 Å². The number of hydrogen-bond acceptors (Lipinski definition) is 2. The summed E-state index contributed by atoms with van der Waals surface area (Å²) >= 11 is 0. The molecule has 0 N–H and O–H groups in total. The lowest BCUT2D eigenvalue weighted by molar-refractivity contribution is -0.121. The molecule has 0 bridgehead atoms. The molecule has 1 aromatic rings. The molecule has 0 spiro atoms. The van der Waals surface area contributed by atoms with Crippen molar-refractivity contribution in [3.8, 4) is 0 Å². The first-order chi connectivity index (χ1) is 9.08. The van der Waals surface area contributed by atoms with Crippen molar-refractivity contribution in [1.29, 1.82) is 0 Å². The Morgan fingerprint density at radius 1 is 1.26 bits per heavy atom. The van der Waals surface area contributed by atoms with Crippen LogP contribution in [0, 0.1) is 19.8 Å². The third-order valence-electron chi connectivity index (χ3n) is 4.08. The summed E-state index contributed by atoms with van der Waals surface area (Å²) in [7, 11) is 0. The third-order valence-corrected chi connectivity index (χ3v) is 4.08. The number of Topliss-reactive ketones (excluding diaryl/α,β-unsaturated/α-hetero) is 1. The molecule has 2 rings (SSSR count). The van der Waals surface area contributed by atoms with Gasteiger partial charge in [-0.3, -0.25) is 4.79 Å². The van der Waals surface area contributed by atoms with Crippen molar-refractivity contribution in [2.24, 2.45) is 5.92 Å². The van der Waals surface area contributed by atoms with Crippen LogP contribution in [0.1, 0.15) is 42.9 Å². The van der Waals surface area contributed by atoms with Crippen LogP contribution in [0.15, 0.2) is 18.2 Å². The van der Waals surface area contributed by atoms with Crippen molar-refractivity contribution < 1.29 is 9.53 Å². The van der Waals surface area contributed by atoms with Crippen LogP contribution in [0.2, 0.25) is 0 Å². The fourth-order valence-corrected chi connectivity index (χ4v) is 2.75. The van der Waals surface area contributed by atoms with Crippen LogP contribution >= 0.6 is 0 Å². The highest BCUT2D eigenvalue weighted by molar-refractivity contribution is 5.81. The minimum atomic E-state index is 0.364. The monoisotopic (exact) mass is 260 g/mol. The summed E-state index contributed by atoms with van der Waals surface area (Å²) in [5.41, 5.74) is 3.70. The number of hydrogen-bond donors (Lipinski definition) is 0. The second-order valence-electron chi connectivity index (χ2n) is 5.75. The summed E-state index contributed by atoms with van der Waals surface area (Å²) in [6, 6.07) is 6.31. The molecule has 2 heteroatoms. The average molecular weight is 260 g/mol. The number of benzene rings is 1. The van der Waals surface area contributed by atoms with Crippen LogP contribution in [0.3, 0.4) is 0 Å². The minimum absolute atomic E-state index is 0.364. The van der Waals surface area contributed by atoms with Gasteiger partial charge >= 0.3 is 0 Å². The molecule has 0 unspecified atom stereocenters. The van der Waals surface area contributed by atoms with Gasteiger partial charge in [-0.05, 0) is 56.2 Å². The molecule has 104 valence electrons. The van der Waals surface area contributed by atoms with Gasteiger partial charge in [0.1, 0.15) is 5.78 Å². The molecule has 1 aliphatic rings. The Hall–Kier alpha value is -1.15. The second kappa shape index (κ2) is 6.33. The smallest absolute Gasteiger partial charge is 0.137 e. The molecule has 0 amide bonds. The van der Waals surface area contributed by atoms with Crippen LogP contribution in [-0.2, 0) is 16.0 Å². The predicted molar refractivity (Wildman–Crippen MR) is 77.4 cm³/mol. The Balaban J connectivity index is 1.77. The van der Waals surface area contributed by atoms with E-state index in [0.29, 0.717) is 24.2 Å². The number of ether oxygens (including phenoxy) is 1. The van der Waals surface area contributed by atoms with Gasteiger partial charge in [0.2, 0.25) is 0 Å². The van der Waals surface area contributed by atoms with E-state index in [0.717, 1.165) is 31.4 Å². The van der Waals surface area contributed by atoms with Crippen LogP contribution in [0.4, 0.5) is 0 Å². The maximum absolute atomic E-state index is 12.0. The lowest BCUT2D eigenvalue weighted by atomic mass is 9.78. The molecule has 19 heavy (non-hydrogen) atoms. The molecule has 0 radical (unpaired) electrons. The first-order valence-corrected chi connectivity index (χ1v) is 7.28.